The van der Waals surface area contributed by atoms with Gasteiger partial charge in [0.1, 0.15) is 5.60 Å². The second kappa shape index (κ2) is 6.81. The molecule has 0 atom stereocenters. The summed E-state index contributed by atoms with van der Waals surface area (Å²) in [6.45, 7) is 6.53. The number of aromatic nitrogens is 1. The molecular weight excluding hydrogens is 262 g/mol. The zero-order valence-corrected chi connectivity index (χ0v) is 13.1. The van der Waals surface area contributed by atoms with Crippen molar-refractivity contribution in [1.29, 1.82) is 0 Å². The molecular formula is C18H23NO2. The van der Waals surface area contributed by atoms with E-state index in [9.17, 15) is 4.79 Å². The van der Waals surface area contributed by atoms with Crippen molar-refractivity contribution in [3.8, 4) is 0 Å². The van der Waals surface area contributed by atoms with Gasteiger partial charge in [-0.15, -0.1) is 0 Å². The largest absolute Gasteiger partial charge is 0.368 e. The second-order valence-electron chi connectivity index (χ2n) is 5.22. The minimum Gasteiger partial charge on any atom is -0.368 e. The van der Waals surface area contributed by atoms with E-state index in [-0.39, 0.29) is 5.78 Å². The van der Waals surface area contributed by atoms with Crippen LogP contribution >= 0.6 is 0 Å². The van der Waals surface area contributed by atoms with Crippen molar-refractivity contribution < 1.29 is 9.53 Å². The van der Waals surface area contributed by atoms with Crippen LogP contribution in [0.15, 0.2) is 36.5 Å². The van der Waals surface area contributed by atoms with Crippen LogP contribution in [0.3, 0.4) is 0 Å². The van der Waals surface area contributed by atoms with E-state index in [0.717, 1.165) is 16.5 Å². The summed E-state index contributed by atoms with van der Waals surface area (Å²) in [5, 5.41) is 1.05. The SMILES string of the molecule is CCOC(CC)(CC)C(=O)Cc1ccnc2ccccc12. The number of pyridine rings is 1. The van der Waals surface area contributed by atoms with Crippen LogP contribution in [0.25, 0.3) is 10.9 Å². The minimum absolute atomic E-state index is 0.158. The topological polar surface area (TPSA) is 39.2 Å². The molecule has 1 aromatic heterocycles. The molecule has 3 heteroatoms. The molecule has 0 aliphatic carbocycles. The summed E-state index contributed by atoms with van der Waals surface area (Å²) in [6.07, 6.45) is 3.58. The van der Waals surface area contributed by atoms with Crippen LogP contribution in [-0.4, -0.2) is 23.0 Å². The molecule has 0 radical (unpaired) electrons. The number of carbonyl (C=O) groups excluding carboxylic acids is 1. The van der Waals surface area contributed by atoms with Gasteiger partial charge in [0, 0.05) is 24.6 Å². The van der Waals surface area contributed by atoms with Gasteiger partial charge in [-0.25, -0.2) is 0 Å². The number of ketones is 1. The van der Waals surface area contributed by atoms with Gasteiger partial charge in [0.2, 0.25) is 0 Å². The highest BCUT2D eigenvalue weighted by Crippen LogP contribution is 2.25. The summed E-state index contributed by atoms with van der Waals surface area (Å²) in [5.41, 5.74) is 1.30. The fourth-order valence-electron chi connectivity index (χ4n) is 2.85. The van der Waals surface area contributed by atoms with Crippen LogP contribution in [-0.2, 0) is 16.0 Å². The Hall–Kier alpha value is -1.74. The van der Waals surface area contributed by atoms with Crippen LogP contribution in [0.2, 0.25) is 0 Å². The monoisotopic (exact) mass is 285 g/mol. The van der Waals surface area contributed by atoms with Gasteiger partial charge in [-0.1, -0.05) is 32.0 Å². The van der Waals surface area contributed by atoms with E-state index in [1.54, 1.807) is 6.20 Å². The zero-order chi connectivity index (χ0) is 15.3. The summed E-state index contributed by atoms with van der Waals surface area (Å²) < 4.78 is 5.81. The van der Waals surface area contributed by atoms with Crippen molar-refractivity contribution in [1.82, 2.24) is 4.98 Å². The number of benzene rings is 1. The second-order valence-corrected chi connectivity index (χ2v) is 5.22. The number of hydrogen-bond acceptors (Lipinski definition) is 3. The van der Waals surface area contributed by atoms with Crippen LogP contribution in [0.4, 0.5) is 0 Å². The van der Waals surface area contributed by atoms with Gasteiger partial charge >= 0.3 is 0 Å². The molecule has 2 aromatic rings. The van der Waals surface area contributed by atoms with E-state index >= 15 is 0 Å². The van der Waals surface area contributed by atoms with Crippen molar-refractivity contribution in [3.05, 3.63) is 42.1 Å². The van der Waals surface area contributed by atoms with Gasteiger partial charge in [0.15, 0.2) is 5.78 Å². The minimum atomic E-state index is -0.654. The Labute approximate surface area is 126 Å². The van der Waals surface area contributed by atoms with E-state index in [0.29, 0.717) is 25.9 Å². The molecule has 112 valence electrons. The first-order valence-electron chi connectivity index (χ1n) is 7.66. The maximum absolute atomic E-state index is 12.8. The number of nitrogens with zero attached hydrogens (tertiary/aromatic N) is 1. The highest BCUT2D eigenvalue weighted by molar-refractivity contribution is 5.93. The van der Waals surface area contributed by atoms with E-state index in [4.69, 9.17) is 4.74 Å². The maximum atomic E-state index is 12.8. The molecule has 0 saturated heterocycles. The summed E-state index contributed by atoms with van der Waals surface area (Å²) in [6, 6.07) is 9.86. The molecule has 0 unspecified atom stereocenters. The first-order valence-corrected chi connectivity index (χ1v) is 7.66. The number of ether oxygens (including phenoxy) is 1. The number of hydrogen-bond donors (Lipinski definition) is 0. The molecule has 1 aromatic carbocycles. The molecule has 0 fully saturated rings. The highest BCUT2D eigenvalue weighted by Gasteiger charge is 2.35. The molecule has 0 N–H and O–H groups in total. The summed E-state index contributed by atoms with van der Waals surface area (Å²) in [5.74, 6) is 0.158. The fraction of sp³-hybridized carbons (Fsp3) is 0.444. The lowest BCUT2D eigenvalue weighted by molar-refractivity contribution is -0.144. The van der Waals surface area contributed by atoms with Gasteiger partial charge in [-0.3, -0.25) is 9.78 Å². The highest BCUT2D eigenvalue weighted by atomic mass is 16.5. The Morgan fingerprint density at radius 3 is 2.52 bits per heavy atom. The third-order valence-corrected chi connectivity index (χ3v) is 4.16. The van der Waals surface area contributed by atoms with E-state index in [1.807, 2.05) is 51.1 Å². The van der Waals surface area contributed by atoms with Crippen molar-refractivity contribution in [2.24, 2.45) is 0 Å². The first kappa shape index (κ1) is 15.6. The van der Waals surface area contributed by atoms with E-state index in [2.05, 4.69) is 4.98 Å². The van der Waals surface area contributed by atoms with Gasteiger partial charge in [0.05, 0.1) is 5.52 Å². The van der Waals surface area contributed by atoms with Crippen LogP contribution in [0.5, 0.6) is 0 Å². The Kier molecular flexibility index (Phi) is 5.07. The van der Waals surface area contributed by atoms with Gasteiger partial charge in [-0.2, -0.15) is 0 Å². The zero-order valence-electron chi connectivity index (χ0n) is 13.1. The van der Waals surface area contributed by atoms with Gasteiger partial charge in [-0.05, 0) is 37.5 Å². The number of rotatable bonds is 7. The van der Waals surface area contributed by atoms with Crippen molar-refractivity contribution >= 4 is 16.7 Å². The molecule has 0 spiro atoms. The Bertz CT molecular complexity index is 612. The number of para-hydroxylation sites is 1. The molecule has 0 saturated carbocycles. The molecule has 0 aliphatic rings. The van der Waals surface area contributed by atoms with E-state index in [1.165, 1.54) is 0 Å². The standard InChI is InChI=1S/C18H23NO2/c1-4-18(5-2,21-6-3)17(20)13-14-11-12-19-16-10-8-7-9-15(14)16/h7-12H,4-6,13H2,1-3H3. The van der Waals surface area contributed by atoms with Gasteiger partial charge in [0.25, 0.3) is 0 Å². The van der Waals surface area contributed by atoms with Crippen LogP contribution in [0, 0.1) is 0 Å². The molecule has 0 aliphatic heterocycles. The lowest BCUT2D eigenvalue weighted by atomic mass is 9.87. The maximum Gasteiger partial charge on any atom is 0.168 e. The van der Waals surface area contributed by atoms with Crippen LogP contribution in [0.1, 0.15) is 39.2 Å². The Morgan fingerprint density at radius 2 is 1.86 bits per heavy atom. The number of fused-ring (bicyclic) bond motifs is 1. The third-order valence-electron chi connectivity index (χ3n) is 4.16. The lowest BCUT2D eigenvalue weighted by Gasteiger charge is -2.30. The summed E-state index contributed by atoms with van der Waals surface area (Å²) in [4.78, 5) is 17.1. The first-order chi connectivity index (χ1) is 10.2. The van der Waals surface area contributed by atoms with Crippen molar-refractivity contribution in [3.63, 3.8) is 0 Å². The quantitative estimate of drug-likeness (QED) is 0.773. The van der Waals surface area contributed by atoms with Crippen molar-refractivity contribution in [2.45, 2.75) is 45.6 Å². The predicted octanol–water partition coefficient (Wildman–Crippen LogP) is 3.94. The third kappa shape index (κ3) is 3.13. The normalized spacial score (nSPS) is 11.8. The molecule has 0 amide bonds. The molecule has 1 heterocycles. The lowest BCUT2D eigenvalue weighted by Crippen LogP contribution is -2.41. The molecule has 3 nitrogen and oxygen atoms in total. The average molecular weight is 285 g/mol. The predicted molar refractivity (Wildman–Crippen MR) is 85.4 cm³/mol. The number of Topliss-reactive ketones (excluding diaryl/α,β-unsaturated/α-hetero) is 1. The Balaban J connectivity index is 2.33. The fourth-order valence-corrected chi connectivity index (χ4v) is 2.85. The summed E-state index contributed by atoms with van der Waals surface area (Å²) >= 11 is 0. The molecule has 2 rings (SSSR count). The van der Waals surface area contributed by atoms with Gasteiger partial charge < -0.3 is 4.74 Å². The molecule has 21 heavy (non-hydrogen) atoms. The van der Waals surface area contributed by atoms with E-state index < -0.39 is 5.60 Å². The Morgan fingerprint density at radius 1 is 1.14 bits per heavy atom. The average Bonchev–Trinajstić information content (AvgIpc) is 2.53. The smallest absolute Gasteiger partial charge is 0.168 e. The summed E-state index contributed by atoms with van der Waals surface area (Å²) in [7, 11) is 0. The van der Waals surface area contributed by atoms with Crippen molar-refractivity contribution in [2.75, 3.05) is 6.61 Å². The van der Waals surface area contributed by atoms with Crippen LogP contribution < -0.4 is 0 Å². The molecule has 0 bridgehead atoms. The number of carbonyl (C=O) groups is 1.